The second-order valence-corrected chi connectivity index (χ2v) is 2.50. The smallest absolute Gasteiger partial charge is 0.364 e. The van der Waals surface area contributed by atoms with Crippen LogP contribution in [0, 0.1) is 6.92 Å². The fraction of sp³-hybridized carbons (Fsp3) is 0.111. The van der Waals surface area contributed by atoms with Crippen molar-refractivity contribution < 1.29 is 14.3 Å². The van der Waals surface area contributed by atoms with Gasteiger partial charge in [0.25, 0.3) is 0 Å². The van der Waals surface area contributed by atoms with Gasteiger partial charge in [0.15, 0.2) is 0 Å². The summed E-state index contributed by atoms with van der Waals surface area (Å²) >= 11 is 0. The highest BCUT2D eigenvalue weighted by atomic mass is 19.1. The number of halogens is 1. The van der Waals surface area contributed by atoms with Gasteiger partial charge in [0.1, 0.15) is 0 Å². The summed E-state index contributed by atoms with van der Waals surface area (Å²) in [7, 11) is 0. The number of carbonyl (C=O) groups is 1. The van der Waals surface area contributed by atoms with Gasteiger partial charge in [-0.05, 0) is 18.6 Å². The zero-order valence-electron chi connectivity index (χ0n) is 6.99. The van der Waals surface area contributed by atoms with Crippen LogP contribution < -0.4 is 0 Å². The van der Waals surface area contributed by atoms with E-state index < -0.39 is 11.8 Å². The molecule has 0 bridgehead atoms. The number of hydrogen-bond acceptors (Lipinski definition) is 2. The van der Waals surface area contributed by atoms with Gasteiger partial charge in [-0.2, -0.15) is 4.39 Å². The van der Waals surface area contributed by atoms with Crippen LogP contribution in [0.5, 0.6) is 0 Å². The molecule has 0 saturated heterocycles. The molecule has 68 valence electrons. The van der Waals surface area contributed by atoms with E-state index in [9.17, 15) is 9.18 Å². The normalized spacial score (nSPS) is 11.4. The number of aryl methyl sites for hydroxylation is 1. The molecule has 4 heteroatoms. The van der Waals surface area contributed by atoms with Crippen molar-refractivity contribution >= 4 is 12.0 Å². The zero-order valence-corrected chi connectivity index (χ0v) is 6.99. The monoisotopic (exact) mass is 181 g/mol. The predicted molar refractivity (Wildman–Crippen MR) is 45.7 cm³/mol. The third-order valence-electron chi connectivity index (χ3n) is 1.52. The quantitative estimate of drug-likeness (QED) is 0.707. The summed E-state index contributed by atoms with van der Waals surface area (Å²) in [6.07, 6.45) is 2.38. The maximum Gasteiger partial charge on any atom is 0.364 e. The van der Waals surface area contributed by atoms with Crippen LogP contribution in [0.25, 0.3) is 6.08 Å². The maximum absolute atomic E-state index is 12.6. The van der Waals surface area contributed by atoms with E-state index in [0.29, 0.717) is 5.69 Å². The summed E-state index contributed by atoms with van der Waals surface area (Å²) in [5, 5.41) is 8.26. The molecule has 0 atom stereocenters. The third-order valence-corrected chi connectivity index (χ3v) is 1.52. The Morgan fingerprint density at radius 2 is 2.38 bits per heavy atom. The lowest BCUT2D eigenvalue weighted by molar-refractivity contribution is -0.134. The summed E-state index contributed by atoms with van der Waals surface area (Å²) in [5.74, 6) is -2.79. The van der Waals surface area contributed by atoms with Crippen LogP contribution in [-0.2, 0) is 4.79 Å². The van der Waals surface area contributed by atoms with Gasteiger partial charge < -0.3 is 5.11 Å². The van der Waals surface area contributed by atoms with Gasteiger partial charge in [-0.25, -0.2) is 4.79 Å². The van der Waals surface area contributed by atoms with Crippen LogP contribution >= 0.6 is 0 Å². The highest BCUT2D eigenvalue weighted by Crippen LogP contribution is 2.09. The molecule has 0 fully saturated rings. The zero-order chi connectivity index (χ0) is 9.84. The number of carboxylic acid groups (broad SMARTS) is 1. The molecule has 1 N–H and O–H groups in total. The van der Waals surface area contributed by atoms with Gasteiger partial charge in [0.05, 0.1) is 5.69 Å². The number of rotatable bonds is 2. The second-order valence-electron chi connectivity index (χ2n) is 2.50. The lowest BCUT2D eigenvalue weighted by Crippen LogP contribution is -1.95. The molecule has 0 aliphatic rings. The van der Waals surface area contributed by atoms with Crippen molar-refractivity contribution in [3.8, 4) is 0 Å². The van der Waals surface area contributed by atoms with Crippen LogP contribution in [-0.4, -0.2) is 16.1 Å². The molecule has 1 rings (SSSR count). The highest BCUT2D eigenvalue weighted by molar-refractivity contribution is 5.89. The van der Waals surface area contributed by atoms with E-state index in [1.165, 1.54) is 6.20 Å². The number of aliphatic carboxylic acids is 1. The largest absolute Gasteiger partial charge is 0.476 e. The van der Waals surface area contributed by atoms with E-state index in [2.05, 4.69) is 4.98 Å². The Labute approximate surface area is 74.5 Å². The SMILES string of the molecule is Cc1cccnc1/C=C(\F)C(=O)O. The first-order valence-electron chi connectivity index (χ1n) is 3.63. The van der Waals surface area contributed by atoms with Crippen LogP contribution in [0.3, 0.4) is 0 Å². The molecule has 0 amide bonds. The molecule has 0 saturated carbocycles. The summed E-state index contributed by atoms with van der Waals surface area (Å²) in [5.41, 5.74) is 1.07. The maximum atomic E-state index is 12.6. The summed E-state index contributed by atoms with van der Waals surface area (Å²) < 4.78 is 12.6. The van der Waals surface area contributed by atoms with Crippen LogP contribution in [0.1, 0.15) is 11.3 Å². The molecule has 0 spiro atoms. The van der Waals surface area contributed by atoms with Crippen LogP contribution in [0.4, 0.5) is 4.39 Å². The minimum atomic E-state index is -1.58. The van der Waals surface area contributed by atoms with Crippen molar-refractivity contribution in [3.63, 3.8) is 0 Å². The first-order valence-corrected chi connectivity index (χ1v) is 3.63. The fourth-order valence-corrected chi connectivity index (χ4v) is 0.831. The molecule has 3 nitrogen and oxygen atoms in total. The second kappa shape index (κ2) is 3.80. The molecule has 0 aliphatic heterocycles. The lowest BCUT2D eigenvalue weighted by atomic mass is 10.2. The van der Waals surface area contributed by atoms with E-state index in [0.717, 1.165) is 11.6 Å². The third kappa shape index (κ3) is 2.37. The van der Waals surface area contributed by atoms with E-state index in [1.807, 2.05) is 0 Å². The Bertz CT molecular complexity index is 360. The average Bonchev–Trinajstić information content (AvgIpc) is 2.08. The van der Waals surface area contributed by atoms with Gasteiger partial charge in [-0.1, -0.05) is 6.07 Å². The molecule has 1 heterocycles. The number of aromatic nitrogens is 1. The average molecular weight is 181 g/mol. The van der Waals surface area contributed by atoms with E-state index in [1.54, 1.807) is 19.1 Å². The Balaban J connectivity index is 3.04. The topological polar surface area (TPSA) is 50.2 Å². The Morgan fingerprint density at radius 3 is 2.92 bits per heavy atom. The molecular weight excluding hydrogens is 173 g/mol. The van der Waals surface area contributed by atoms with Crippen molar-refractivity contribution in [2.75, 3.05) is 0 Å². The molecule has 1 aromatic heterocycles. The Kier molecular flexibility index (Phi) is 2.74. The summed E-state index contributed by atoms with van der Waals surface area (Å²) in [4.78, 5) is 14.0. The summed E-state index contributed by atoms with van der Waals surface area (Å²) in [6, 6.07) is 3.43. The minimum absolute atomic E-state index is 0.336. The molecule has 0 aliphatic carbocycles. The van der Waals surface area contributed by atoms with Gasteiger partial charge in [-0.3, -0.25) is 4.98 Å². The van der Waals surface area contributed by atoms with Crippen LogP contribution in [0.15, 0.2) is 24.2 Å². The first kappa shape index (κ1) is 9.38. The first-order chi connectivity index (χ1) is 6.11. The number of hydrogen-bond donors (Lipinski definition) is 1. The number of carboxylic acids is 1. The minimum Gasteiger partial charge on any atom is -0.476 e. The van der Waals surface area contributed by atoms with Gasteiger partial charge >= 0.3 is 5.97 Å². The van der Waals surface area contributed by atoms with E-state index in [4.69, 9.17) is 5.11 Å². The highest BCUT2D eigenvalue weighted by Gasteiger charge is 2.06. The molecule has 1 aromatic rings. The van der Waals surface area contributed by atoms with E-state index in [-0.39, 0.29) is 0 Å². The summed E-state index contributed by atoms with van der Waals surface area (Å²) in [6.45, 7) is 1.73. The number of nitrogens with zero attached hydrogens (tertiary/aromatic N) is 1. The standard InChI is InChI=1S/C9H8FNO2/c1-6-3-2-4-11-8(6)5-7(10)9(12)13/h2-5H,1H3,(H,12,13)/b7-5-. The van der Waals surface area contributed by atoms with Crippen molar-refractivity contribution in [2.24, 2.45) is 0 Å². The van der Waals surface area contributed by atoms with Gasteiger partial charge in [0, 0.05) is 12.3 Å². The number of pyridine rings is 1. The van der Waals surface area contributed by atoms with Crippen molar-refractivity contribution in [1.29, 1.82) is 0 Å². The molecule has 0 radical (unpaired) electrons. The predicted octanol–water partition coefficient (Wildman–Crippen LogP) is 1.79. The molecule has 0 aromatic carbocycles. The molecule has 0 unspecified atom stereocenters. The van der Waals surface area contributed by atoms with Crippen molar-refractivity contribution in [3.05, 3.63) is 35.4 Å². The van der Waals surface area contributed by atoms with Crippen molar-refractivity contribution in [1.82, 2.24) is 4.98 Å². The molecular formula is C9H8FNO2. The van der Waals surface area contributed by atoms with Gasteiger partial charge in [0.2, 0.25) is 5.83 Å². The lowest BCUT2D eigenvalue weighted by Gasteiger charge is -1.96. The Morgan fingerprint density at radius 1 is 1.69 bits per heavy atom. The van der Waals surface area contributed by atoms with Gasteiger partial charge in [-0.15, -0.1) is 0 Å². The fourth-order valence-electron chi connectivity index (χ4n) is 0.831. The van der Waals surface area contributed by atoms with Crippen molar-refractivity contribution in [2.45, 2.75) is 6.92 Å². The van der Waals surface area contributed by atoms with Crippen LogP contribution in [0.2, 0.25) is 0 Å². The van der Waals surface area contributed by atoms with E-state index >= 15 is 0 Å². The Hall–Kier alpha value is -1.71. The molecule has 13 heavy (non-hydrogen) atoms.